The Morgan fingerprint density at radius 1 is 1.00 bits per heavy atom. The highest BCUT2D eigenvalue weighted by Gasteiger charge is 2.63. The number of piperazine rings is 1. The van der Waals surface area contributed by atoms with Crippen molar-refractivity contribution in [1.82, 2.24) is 24.6 Å². The molecule has 0 bridgehead atoms. The molecule has 1 unspecified atom stereocenters. The van der Waals surface area contributed by atoms with Crippen LogP contribution >= 0.6 is 0 Å². The molecule has 1 atom stereocenters. The zero-order chi connectivity index (χ0) is 38.1. The molecule has 2 saturated heterocycles. The number of anilines is 1. The Bertz CT molecular complexity index is 1980. The molecule has 3 aromatic rings. The fraction of sp³-hybridized carbons (Fsp3) is 0.487. The second-order valence-electron chi connectivity index (χ2n) is 14.2. The van der Waals surface area contributed by atoms with Gasteiger partial charge in [0.05, 0.1) is 36.6 Å². The van der Waals surface area contributed by atoms with Gasteiger partial charge in [0.2, 0.25) is 5.88 Å². The lowest BCUT2D eigenvalue weighted by atomic mass is 9.81. The van der Waals surface area contributed by atoms with Crippen molar-refractivity contribution in [2.24, 2.45) is 0 Å². The van der Waals surface area contributed by atoms with Crippen LogP contribution in [-0.2, 0) is 20.4 Å². The van der Waals surface area contributed by atoms with Gasteiger partial charge in [-0.25, -0.2) is 18.2 Å². The van der Waals surface area contributed by atoms with Crippen molar-refractivity contribution in [3.05, 3.63) is 77.5 Å². The summed E-state index contributed by atoms with van der Waals surface area (Å²) in [5.41, 5.74) is -1.53. The van der Waals surface area contributed by atoms with E-state index >= 15 is 9.59 Å². The molecule has 1 aromatic heterocycles. The number of piperidine rings is 1. The van der Waals surface area contributed by atoms with Crippen LogP contribution in [0.25, 0.3) is 0 Å². The number of fused-ring (bicyclic) bond motifs is 1. The summed E-state index contributed by atoms with van der Waals surface area (Å²) in [5.74, 6) is -0.789. The third-order valence-electron chi connectivity index (χ3n) is 10.7. The number of nitrogens with zero attached hydrogens (tertiary/aromatic N) is 7. The van der Waals surface area contributed by atoms with Crippen LogP contribution < -0.4 is 13.8 Å². The number of benzene rings is 2. The number of sulfonamides is 1. The van der Waals surface area contributed by atoms with E-state index in [0.29, 0.717) is 25.2 Å². The van der Waals surface area contributed by atoms with Crippen molar-refractivity contribution in [2.45, 2.75) is 76.0 Å². The van der Waals surface area contributed by atoms with Gasteiger partial charge in [0, 0.05) is 69.2 Å². The van der Waals surface area contributed by atoms with E-state index in [4.69, 9.17) is 9.47 Å². The predicted molar refractivity (Wildman–Crippen MR) is 200 cm³/mol. The number of ether oxygens (including phenoxy) is 2. The highest BCUT2D eigenvalue weighted by Crippen LogP contribution is 2.53. The number of methoxy groups -OCH3 is 1. The Labute approximate surface area is 312 Å². The minimum absolute atomic E-state index is 0.0175. The van der Waals surface area contributed by atoms with Gasteiger partial charge in [-0.05, 0) is 89.9 Å². The summed E-state index contributed by atoms with van der Waals surface area (Å²) in [7, 11) is -3.30. The first-order chi connectivity index (χ1) is 25.4. The van der Waals surface area contributed by atoms with Crippen molar-refractivity contribution in [3.8, 4) is 17.7 Å². The number of pyridine rings is 1. The molecule has 2 fully saturated rings. The molecule has 53 heavy (non-hydrogen) atoms. The maximum atomic E-state index is 15.6. The van der Waals surface area contributed by atoms with Crippen molar-refractivity contribution < 1.29 is 27.5 Å². The quantitative estimate of drug-likeness (QED) is 0.288. The summed E-state index contributed by atoms with van der Waals surface area (Å²) in [5, 5.41) is 10.1. The summed E-state index contributed by atoms with van der Waals surface area (Å²) >= 11 is 0. The third-order valence-corrected chi connectivity index (χ3v) is 12.4. The molecular weight excluding hydrogens is 695 g/mol. The predicted octanol–water partition coefficient (Wildman–Crippen LogP) is 4.66. The lowest BCUT2D eigenvalue weighted by Gasteiger charge is -2.47. The van der Waals surface area contributed by atoms with Crippen LogP contribution in [0.4, 0.5) is 10.5 Å². The molecule has 13 nitrogen and oxygen atoms in total. The van der Waals surface area contributed by atoms with Crippen LogP contribution in [-0.4, -0.2) is 116 Å². The molecule has 4 heterocycles. The van der Waals surface area contributed by atoms with Crippen molar-refractivity contribution in [2.75, 3.05) is 57.3 Å². The van der Waals surface area contributed by atoms with E-state index < -0.39 is 33.5 Å². The van der Waals surface area contributed by atoms with Gasteiger partial charge in [0.1, 0.15) is 10.6 Å². The van der Waals surface area contributed by atoms with Gasteiger partial charge in [-0.3, -0.25) is 19.5 Å². The van der Waals surface area contributed by atoms with Gasteiger partial charge in [0.15, 0.2) is 5.54 Å². The normalized spacial score (nSPS) is 20.1. The SMILES string of the molecule is CCOc1ncccc1C1(N(C(=O)N2CCC(N3CCN(C(C)C)CC3)CC2)C(C)C)C(=O)N(S(=O)(=O)c2ccccc2OC)c2ccc(C#N)cc21. The number of likely N-dealkylation sites (tertiary alicyclic amines) is 1. The summed E-state index contributed by atoms with van der Waals surface area (Å²) in [6.07, 6.45) is 3.05. The second kappa shape index (κ2) is 15.3. The van der Waals surface area contributed by atoms with Gasteiger partial charge in [-0.1, -0.05) is 12.1 Å². The van der Waals surface area contributed by atoms with E-state index in [2.05, 4.69) is 34.7 Å². The largest absolute Gasteiger partial charge is 0.495 e. The molecule has 0 aliphatic carbocycles. The zero-order valence-corrected chi connectivity index (χ0v) is 32.2. The standard InChI is InChI=1S/C39H49N7O6S/c1-7-52-36-31(11-10-18-41-36)39(45(28(4)5)38(48)44-19-16-30(17-20-44)43-23-21-42(22-24-43)27(2)3)32-25-29(26-40)14-15-33(32)46(37(39)47)53(49,50)35-13-9-8-12-34(35)51-6/h8-15,18,25,27-28,30H,7,16-17,19-24H2,1-6H3. The molecule has 0 saturated carbocycles. The highest BCUT2D eigenvalue weighted by molar-refractivity contribution is 7.93. The molecule has 0 N–H and O–H groups in total. The molecule has 6 rings (SSSR count). The average molecular weight is 744 g/mol. The Morgan fingerprint density at radius 3 is 2.32 bits per heavy atom. The monoisotopic (exact) mass is 743 g/mol. The maximum absolute atomic E-state index is 15.6. The second-order valence-corrected chi connectivity index (χ2v) is 16.0. The molecule has 0 spiro atoms. The van der Waals surface area contributed by atoms with Crippen molar-refractivity contribution in [1.29, 1.82) is 5.26 Å². The van der Waals surface area contributed by atoms with Gasteiger partial charge in [0.25, 0.3) is 15.9 Å². The van der Waals surface area contributed by atoms with Gasteiger partial charge in [-0.2, -0.15) is 9.57 Å². The van der Waals surface area contributed by atoms with Crippen molar-refractivity contribution >= 4 is 27.6 Å². The minimum atomic E-state index is -4.65. The maximum Gasteiger partial charge on any atom is 0.321 e. The van der Waals surface area contributed by atoms with E-state index in [-0.39, 0.29) is 45.5 Å². The molecule has 3 amide bonds. The summed E-state index contributed by atoms with van der Waals surface area (Å²) in [4.78, 5) is 43.3. The lowest BCUT2D eigenvalue weighted by Crippen LogP contribution is -2.63. The fourth-order valence-corrected chi connectivity index (χ4v) is 9.72. The van der Waals surface area contributed by atoms with Gasteiger partial charge in [-0.15, -0.1) is 0 Å². The Morgan fingerprint density at radius 2 is 1.70 bits per heavy atom. The Balaban J connectivity index is 1.49. The summed E-state index contributed by atoms with van der Waals surface area (Å²) in [6.45, 7) is 14.9. The van der Waals surface area contributed by atoms with E-state index in [9.17, 15) is 13.7 Å². The number of hydrogen-bond donors (Lipinski definition) is 0. The molecule has 3 aliphatic rings. The molecule has 0 radical (unpaired) electrons. The van der Waals surface area contributed by atoms with E-state index in [0.717, 1.165) is 43.3 Å². The van der Waals surface area contributed by atoms with Crippen LogP contribution in [0.5, 0.6) is 11.6 Å². The number of nitriles is 1. The summed E-state index contributed by atoms with van der Waals surface area (Å²) in [6, 6.07) is 15.7. The Hall–Kier alpha value is -4.71. The number of rotatable bonds is 10. The van der Waals surface area contributed by atoms with Gasteiger partial charge < -0.3 is 14.4 Å². The van der Waals surface area contributed by atoms with Gasteiger partial charge >= 0.3 is 6.03 Å². The first-order valence-electron chi connectivity index (χ1n) is 18.3. The molecule has 282 valence electrons. The number of carbonyl (C=O) groups is 2. The zero-order valence-electron chi connectivity index (χ0n) is 31.4. The van der Waals surface area contributed by atoms with Crippen LogP contribution in [0.1, 0.15) is 64.2 Å². The number of aromatic nitrogens is 1. The minimum Gasteiger partial charge on any atom is -0.495 e. The van der Waals surface area contributed by atoms with Crippen LogP contribution in [0.2, 0.25) is 0 Å². The lowest BCUT2D eigenvalue weighted by molar-refractivity contribution is -0.126. The molecular formula is C39H49N7O6S. The number of carbonyl (C=O) groups excluding carboxylic acids is 2. The third kappa shape index (κ3) is 6.59. The fourth-order valence-electron chi connectivity index (χ4n) is 8.10. The molecule has 3 aliphatic heterocycles. The Kier molecular flexibility index (Phi) is 11.0. The smallest absolute Gasteiger partial charge is 0.321 e. The van der Waals surface area contributed by atoms with Crippen LogP contribution in [0.15, 0.2) is 65.7 Å². The molecule has 2 aromatic carbocycles. The first-order valence-corrected chi connectivity index (χ1v) is 19.8. The topological polar surface area (TPSA) is 140 Å². The average Bonchev–Trinajstić information content (AvgIpc) is 3.42. The van der Waals surface area contributed by atoms with E-state index in [1.54, 1.807) is 49.9 Å². The number of urea groups is 1. The van der Waals surface area contributed by atoms with Crippen LogP contribution in [0.3, 0.4) is 0 Å². The number of para-hydroxylation sites is 1. The highest BCUT2D eigenvalue weighted by atomic mass is 32.2. The van der Waals surface area contributed by atoms with Crippen LogP contribution in [0, 0.1) is 11.3 Å². The number of hydrogen-bond acceptors (Lipinski definition) is 10. The number of amides is 3. The van der Waals surface area contributed by atoms with E-state index in [1.165, 1.54) is 48.5 Å². The molecule has 14 heteroatoms. The van der Waals surface area contributed by atoms with E-state index in [1.807, 2.05) is 0 Å². The summed E-state index contributed by atoms with van der Waals surface area (Å²) < 4.78 is 41.7. The first kappa shape index (κ1) is 38.0. The van der Waals surface area contributed by atoms with Crippen molar-refractivity contribution in [3.63, 3.8) is 0 Å².